The van der Waals surface area contributed by atoms with E-state index in [0.29, 0.717) is 5.39 Å². The van der Waals surface area contributed by atoms with Gasteiger partial charge < -0.3 is 4.74 Å². The first-order chi connectivity index (χ1) is 7.72. The number of ether oxygens (including phenoxy) is 1. The predicted octanol–water partition coefficient (Wildman–Crippen LogP) is 0.569. The van der Waals surface area contributed by atoms with Crippen molar-refractivity contribution in [3.63, 3.8) is 0 Å². The number of carbonyl (C=O) groups is 1. The summed E-state index contributed by atoms with van der Waals surface area (Å²) in [5.41, 5.74) is -0.288. The largest absolute Gasteiger partial charge is 0.468 e. The fourth-order valence-corrected chi connectivity index (χ4v) is 1.43. The fraction of sp³-hybridized carbons (Fsp3) is 0.182. The van der Waals surface area contributed by atoms with E-state index in [-0.39, 0.29) is 12.1 Å². The standard InChI is InChI=1S/C11H10N2O3/c1-16-10(14)7-13-11(15)9-5-3-2-4-8(9)6-12-13/h2-6H,7H2,1H3. The van der Waals surface area contributed by atoms with Gasteiger partial charge in [0.15, 0.2) is 0 Å². The maximum absolute atomic E-state index is 11.9. The predicted molar refractivity (Wildman–Crippen MR) is 58.0 cm³/mol. The van der Waals surface area contributed by atoms with E-state index in [4.69, 9.17) is 0 Å². The van der Waals surface area contributed by atoms with E-state index < -0.39 is 5.97 Å². The lowest BCUT2D eigenvalue weighted by Crippen LogP contribution is -2.27. The zero-order valence-electron chi connectivity index (χ0n) is 8.71. The number of hydrogen-bond donors (Lipinski definition) is 0. The summed E-state index contributed by atoms with van der Waals surface area (Å²) in [4.78, 5) is 22.9. The number of hydrogen-bond acceptors (Lipinski definition) is 4. The molecule has 0 amide bonds. The Morgan fingerprint density at radius 3 is 2.94 bits per heavy atom. The summed E-state index contributed by atoms with van der Waals surface area (Å²) >= 11 is 0. The van der Waals surface area contributed by atoms with Crippen LogP contribution in [-0.4, -0.2) is 22.9 Å². The number of fused-ring (bicyclic) bond motifs is 1. The van der Waals surface area contributed by atoms with Crippen LogP contribution in [0.4, 0.5) is 0 Å². The van der Waals surface area contributed by atoms with Crippen LogP contribution in [0.25, 0.3) is 10.8 Å². The molecule has 1 aromatic carbocycles. The second kappa shape index (κ2) is 4.14. The first kappa shape index (κ1) is 10.4. The maximum atomic E-state index is 11.9. The average Bonchev–Trinajstić information content (AvgIpc) is 2.33. The molecule has 5 heteroatoms. The summed E-state index contributed by atoms with van der Waals surface area (Å²) in [6.45, 7) is -0.167. The first-order valence-corrected chi connectivity index (χ1v) is 4.74. The van der Waals surface area contributed by atoms with Crippen LogP contribution in [0.1, 0.15) is 0 Å². The van der Waals surface area contributed by atoms with Gasteiger partial charge in [-0.15, -0.1) is 0 Å². The molecule has 82 valence electrons. The molecule has 2 rings (SSSR count). The lowest BCUT2D eigenvalue weighted by Gasteiger charge is -2.03. The van der Waals surface area contributed by atoms with Crippen molar-refractivity contribution in [1.29, 1.82) is 0 Å². The highest BCUT2D eigenvalue weighted by Crippen LogP contribution is 2.06. The molecule has 0 radical (unpaired) electrons. The number of benzene rings is 1. The van der Waals surface area contributed by atoms with E-state index in [1.165, 1.54) is 7.11 Å². The molecule has 0 saturated carbocycles. The van der Waals surface area contributed by atoms with E-state index >= 15 is 0 Å². The van der Waals surface area contributed by atoms with Gasteiger partial charge in [-0.1, -0.05) is 18.2 Å². The second-order valence-corrected chi connectivity index (χ2v) is 3.27. The summed E-state index contributed by atoms with van der Waals surface area (Å²) in [5, 5.41) is 5.20. The van der Waals surface area contributed by atoms with Crippen molar-refractivity contribution in [3.8, 4) is 0 Å². The van der Waals surface area contributed by atoms with Gasteiger partial charge in [0.25, 0.3) is 5.56 Å². The molecule has 1 heterocycles. The highest BCUT2D eigenvalue weighted by atomic mass is 16.5. The third kappa shape index (κ3) is 1.79. The Morgan fingerprint density at radius 1 is 1.44 bits per heavy atom. The topological polar surface area (TPSA) is 61.2 Å². The number of esters is 1. The Hall–Kier alpha value is -2.17. The lowest BCUT2D eigenvalue weighted by molar-refractivity contribution is -0.141. The minimum absolute atomic E-state index is 0.167. The second-order valence-electron chi connectivity index (χ2n) is 3.27. The number of nitrogens with zero attached hydrogens (tertiary/aromatic N) is 2. The number of rotatable bonds is 2. The minimum atomic E-state index is -0.495. The van der Waals surface area contributed by atoms with E-state index in [2.05, 4.69) is 9.84 Å². The zero-order valence-corrected chi connectivity index (χ0v) is 8.71. The molecular formula is C11H10N2O3. The third-order valence-electron chi connectivity index (χ3n) is 2.27. The lowest BCUT2D eigenvalue weighted by atomic mass is 10.2. The average molecular weight is 218 g/mol. The Morgan fingerprint density at radius 2 is 2.19 bits per heavy atom. The van der Waals surface area contributed by atoms with E-state index in [9.17, 15) is 9.59 Å². The molecule has 0 fully saturated rings. The molecule has 0 unspecified atom stereocenters. The van der Waals surface area contributed by atoms with Crippen LogP contribution in [0.5, 0.6) is 0 Å². The van der Waals surface area contributed by atoms with Crippen molar-refractivity contribution in [2.45, 2.75) is 6.54 Å². The third-order valence-corrected chi connectivity index (χ3v) is 2.27. The van der Waals surface area contributed by atoms with E-state index in [1.807, 2.05) is 6.07 Å². The molecule has 16 heavy (non-hydrogen) atoms. The van der Waals surface area contributed by atoms with Crippen molar-refractivity contribution in [2.75, 3.05) is 7.11 Å². The number of methoxy groups -OCH3 is 1. The summed E-state index contributed by atoms with van der Waals surface area (Å²) in [7, 11) is 1.27. The van der Waals surface area contributed by atoms with Crippen LogP contribution in [0.3, 0.4) is 0 Å². The smallest absolute Gasteiger partial charge is 0.327 e. The van der Waals surface area contributed by atoms with Crippen molar-refractivity contribution >= 4 is 16.7 Å². The van der Waals surface area contributed by atoms with Crippen LogP contribution in [0.15, 0.2) is 35.3 Å². The highest BCUT2D eigenvalue weighted by Gasteiger charge is 2.07. The van der Waals surface area contributed by atoms with Crippen LogP contribution in [-0.2, 0) is 16.1 Å². The summed E-state index contributed by atoms with van der Waals surface area (Å²) < 4.78 is 5.57. The molecule has 0 N–H and O–H groups in total. The van der Waals surface area contributed by atoms with Gasteiger partial charge in [0, 0.05) is 5.39 Å². The van der Waals surface area contributed by atoms with Gasteiger partial charge in [0.2, 0.25) is 0 Å². The molecule has 5 nitrogen and oxygen atoms in total. The Kier molecular flexibility index (Phi) is 2.68. The zero-order chi connectivity index (χ0) is 11.5. The van der Waals surface area contributed by atoms with Gasteiger partial charge in [-0.05, 0) is 6.07 Å². The van der Waals surface area contributed by atoms with Gasteiger partial charge in [-0.3, -0.25) is 9.59 Å². The Bertz CT molecular complexity index is 589. The normalized spacial score (nSPS) is 10.3. The molecule has 0 aliphatic rings. The quantitative estimate of drug-likeness (QED) is 0.691. The van der Waals surface area contributed by atoms with Gasteiger partial charge in [-0.25, -0.2) is 4.68 Å². The van der Waals surface area contributed by atoms with Crippen LogP contribution in [0.2, 0.25) is 0 Å². The first-order valence-electron chi connectivity index (χ1n) is 4.74. The summed E-state index contributed by atoms with van der Waals surface area (Å²) in [6, 6.07) is 7.10. The van der Waals surface area contributed by atoms with Gasteiger partial charge >= 0.3 is 5.97 Å². The fourth-order valence-electron chi connectivity index (χ4n) is 1.43. The molecule has 0 aliphatic heterocycles. The van der Waals surface area contributed by atoms with E-state index in [1.54, 1.807) is 24.4 Å². The van der Waals surface area contributed by atoms with Crippen molar-refractivity contribution < 1.29 is 9.53 Å². The number of aromatic nitrogens is 2. The van der Waals surface area contributed by atoms with Crippen LogP contribution >= 0.6 is 0 Å². The molecule has 1 aromatic heterocycles. The van der Waals surface area contributed by atoms with Gasteiger partial charge in [-0.2, -0.15) is 5.10 Å². The number of carbonyl (C=O) groups excluding carboxylic acids is 1. The summed E-state index contributed by atoms with van der Waals surface area (Å²) in [6.07, 6.45) is 1.56. The maximum Gasteiger partial charge on any atom is 0.327 e. The molecule has 0 aliphatic carbocycles. The molecule has 2 aromatic rings. The molecule has 0 bridgehead atoms. The monoisotopic (exact) mass is 218 g/mol. The molecule has 0 atom stereocenters. The minimum Gasteiger partial charge on any atom is -0.468 e. The van der Waals surface area contributed by atoms with Gasteiger partial charge in [0.05, 0.1) is 18.7 Å². The van der Waals surface area contributed by atoms with Crippen molar-refractivity contribution in [2.24, 2.45) is 0 Å². The molecule has 0 saturated heterocycles. The van der Waals surface area contributed by atoms with Crippen molar-refractivity contribution in [1.82, 2.24) is 9.78 Å². The Labute approximate surface area is 91.3 Å². The van der Waals surface area contributed by atoms with Crippen LogP contribution in [0, 0.1) is 0 Å². The highest BCUT2D eigenvalue weighted by molar-refractivity contribution is 5.80. The van der Waals surface area contributed by atoms with Gasteiger partial charge in [0.1, 0.15) is 6.54 Å². The Balaban J connectivity index is 2.53. The SMILES string of the molecule is COC(=O)Cn1ncc2ccccc2c1=O. The summed E-state index contributed by atoms with van der Waals surface area (Å²) in [5.74, 6) is -0.495. The molecular weight excluding hydrogens is 208 g/mol. The van der Waals surface area contributed by atoms with Crippen molar-refractivity contribution in [3.05, 3.63) is 40.8 Å². The molecule has 0 spiro atoms. The van der Waals surface area contributed by atoms with Crippen LogP contribution < -0.4 is 5.56 Å². The van der Waals surface area contributed by atoms with E-state index in [0.717, 1.165) is 10.1 Å².